The summed E-state index contributed by atoms with van der Waals surface area (Å²) in [5.74, 6) is 1.24. The summed E-state index contributed by atoms with van der Waals surface area (Å²) >= 11 is 1.55. The van der Waals surface area contributed by atoms with E-state index in [1.54, 1.807) is 28.3 Å². The van der Waals surface area contributed by atoms with Crippen LogP contribution in [-0.2, 0) is 0 Å². The molecular formula is C21H19N5O2S. The number of hydrogen-bond donors (Lipinski definition) is 0. The van der Waals surface area contributed by atoms with Crippen LogP contribution in [0.3, 0.4) is 0 Å². The number of ether oxygens (including phenoxy) is 1. The molecule has 0 unspecified atom stereocenters. The van der Waals surface area contributed by atoms with Gasteiger partial charge in [-0.15, -0.1) is 21.5 Å². The third kappa shape index (κ3) is 3.71. The molecule has 0 radical (unpaired) electrons. The molecule has 1 amide bonds. The van der Waals surface area contributed by atoms with Gasteiger partial charge in [0, 0.05) is 49.1 Å². The SMILES string of the molecule is O=C(c1cc2ccccc2s1)N1CCC(Oc2ccc(-n3cccn3)nn2)CC1. The molecule has 0 N–H and O–H groups in total. The minimum absolute atomic E-state index is 0.0336. The van der Waals surface area contributed by atoms with Crippen molar-refractivity contribution in [1.29, 1.82) is 0 Å². The molecule has 29 heavy (non-hydrogen) atoms. The van der Waals surface area contributed by atoms with Gasteiger partial charge in [0.2, 0.25) is 5.88 Å². The van der Waals surface area contributed by atoms with Gasteiger partial charge in [-0.3, -0.25) is 4.79 Å². The third-order valence-electron chi connectivity index (χ3n) is 5.02. The van der Waals surface area contributed by atoms with Crippen molar-refractivity contribution in [3.63, 3.8) is 0 Å². The van der Waals surface area contributed by atoms with E-state index < -0.39 is 0 Å². The lowest BCUT2D eigenvalue weighted by Gasteiger charge is -2.31. The number of piperidine rings is 1. The number of amides is 1. The van der Waals surface area contributed by atoms with Crippen LogP contribution in [0.1, 0.15) is 22.5 Å². The smallest absolute Gasteiger partial charge is 0.263 e. The van der Waals surface area contributed by atoms with Crippen molar-refractivity contribution in [2.75, 3.05) is 13.1 Å². The Bertz CT molecular complexity index is 1080. The number of rotatable bonds is 4. The summed E-state index contributed by atoms with van der Waals surface area (Å²) in [6.45, 7) is 1.35. The molecule has 1 aliphatic heterocycles. The molecule has 0 bridgehead atoms. The number of carbonyl (C=O) groups excluding carboxylic acids is 1. The number of fused-ring (bicyclic) bond motifs is 1. The maximum atomic E-state index is 12.8. The fourth-order valence-electron chi connectivity index (χ4n) is 3.49. The largest absolute Gasteiger partial charge is 0.473 e. The Labute approximate surface area is 171 Å². The summed E-state index contributed by atoms with van der Waals surface area (Å²) in [6.07, 6.45) is 5.10. The zero-order chi connectivity index (χ0) is 19.6. The van der Waals surface area contributed by atoms with Gasteiger partial charge < -0.3 is 9.64 Å². The Kier molecular flexibility index (Phi) is 4.69. The van der Waals surface area contributed by atoms with E-state index in [0.717, 1.165) is 27.8 Å². The lowest BCUT2D eigenvalue weighted by atomic mass is 10.1. The van der Waals surface area contributed by atoms with Crippen molar-refractivity contribution in [2.24, 2.45) is 0 Å². The average Bonchev–Trinajstić information content (AvgIpc) is 3.44. The molecule has 0 aliphatic carbocycles. The first-order valence-corrected chi connectivity index (χ1v) is 10.4. The van der Waals surface area contributed by atoms with Crippen molar-refractivity contribution >= 4 is 27.3 Å². The molecule has 146 valence electrons. The minimum Gasteiger partial charge on any atom is -0.473 e. The van der Waals surface area contributed by atoms with E-state index in [9.17, 15) is 4.79 Å². The van der Waals surface area contributed by atoms with Gasteiger partial charge in [-0.25, -0.2) is 4.68 Å². The highest BCUT2D eigenvalue weighted by molar-refractivity contribution is 7.20. The van der Waals surface area contributed by atoms with Crippen LogP contribution in [0.25, 0.3) is 15.9 Å². The van der Waals surface area contributed by atoms with Gasteiger partial charge in [-0.05, 0) is 29.7 Å². The lowest BCUT2D eigenvalue weighted by molar-refractivity contribution is 0.0590. The number of nitrogens with zero attached hydrogens (tertiary/aromatic N) is 5. The summed E-state index contributed by atoms with van der Waals surface area (Å²) in [5.41, 5.74) is 0. The second kappa shape index (κ2) is 7.63. The first-order valence-electron chi connectivity index (χ1n) is 9.54. The Morgan fingerprint density at radius 3 is 2.66 bits per heavy atom. The van der Waals surface area contributed by atoms with Crippen molar-refractivity contribution in [2.45, 2.75) is 18.9 Å². The summed E-state index contributed by atoms with van der Waals surface area (Å²) < 4.78 is 8.76. The zero-order valence-electron chi connectivity index (χ0n) is 15.6. The normalized spacial score (nSPS) is 15.0. The van der Waals surface area contributed by atoms with Crippen LogP contribution in [0, 0.1) is 0 Å². The third-order valence-corrected chi connectivity index (χ3v) is 6.12. The van der Waals surface area contributed by atoms with Crippen molar-refractivity contribution < 1.29 is 9.53 Å². The number of carbonyl (C=O) groups is 1. The van der Waals surface area contributed by atoms with Crippen LogP contribution in [0.2, 0.25) is 0 Å². The quantitative estimate of drug-likeness (QED) is 0.519. The van der Waals surface area contributed by atoms with E-state index in [1.807, 2.05) is 47.5 Å². The molecule has 1 saturated heterocycles. The highest BCUT2D eigenvalue weighted by Gasteiger charge is 2.26. The molecule has 0 atom stereocenters. The van der Waals surface area contributed by atoms with Gasteiger partial charge in [0.15, 0.2) is 5.82 Å². The highest BCUT2D eigenvalue weighted by atomic mass is 32.1. The number of hydrogen-bond acceptors (Lipinski definition) is 6. The number of likely N-dealkylation sites (tertiary alicyclic amines) is 1. The fraction of sp³-hybridized carbons (Fsp3) is 0.238. The van der Waals surface area contributed by atoms with Crippen LogP contribution < -0.4 is 4.74 Å². The van der Waals surface area contributed by atoms with E-state index in [2.05, 4.69) is 21.4 Å². The van der Waals surface area contributed by atoms with Crippen molar-refractivity contribution in [3.05, 3.63) is 65.8 Å². The second-order valence-corrected chi connectivity index (χ2v) is 8.02. The molecule has 0 saturated carbocycles. The summed E-state index contributed by atoms with van der Waals surface area (Å²) in [7, 11) is 0. The lowest BCUT2D eigenvalue weighted by Crippen LogP contribution is -2.41. The molecular weight excluding hydrogens is 386 g/mol. The maximum absolute atomic E-state index is 12.8. The number of benzene rings is 1. The number of aromatic nitrogens is 4. The molecule has 4 heterocycles. The van der Waals surface area contributed by atoms with Crippen LogP contribution in [0.5, 0.6) is 5.88 Å². The standard InChI is InChI=1S/C21H19N5O2S/c27-21(18-14-15-4-1-2-5-17(15)29-18)25-12-8-16(9-13-25)28-20-7-6-19(23-24-20)26-11-3-10-22-26/h1-7,10-11,14,16H,8-9,12-13H2. The Hall–Kier alpha value is -3.26. The van der Waals surface area contributed by atoms with Gasteiger partial charge in [0.1, 0.15) is 6.10 Å². The van der Waals surface area contributed by atoms with Gasteiger partial charge in [0.05, 0.1) is 4.88 Å². The topological polar surface area (TPSA) is 73.1 Å². The molecule has 7 nitrogen and oxygen atoms in total. The van der Waals surface area contributed by atoms with Crippen LogP contribution in [-0.4, -0.2) is 50.0 Å². The molecule has 8 heteroatoms. The molecule has 1 aromatic carbocycles. The monoisotopic (exact) mass is 405 g/mol. The minimum atomic E-state index is 0.0336. The van der Waals surface area contributed by atoms with E-state index in [1.165, 1.54) is 0 Å². The van der Waals surface area contributed by atoms with E-state index in [4.69, 9.17) is 4.74 Å². The molecule has 1 aliphatic rings. The summed E-state index contributed by atoms with van der Waals surface area (Å²) in [5, 5.41) is 13.5. The van der Waals surface area contributed by atoms with Gasteiger partial charge in [-0.2, -0.15) is 5.10 Å². The second-order valence-electron chi connectivity index (χ2n) is 6.94. The van der Waals surface area contributed by atoms with Gasteiger partial charge in [-0.1, -0.05) is 18.2 Å². The van der Waals surface area contributed by atoms with E-state index >= 15 is 0 Å². The van der Waals surface area contributed by atoms with Gasteiger partial charge >= 0.3 is 0 Å². The average molecular weight is 405 g/mol. The Morgan fingerprint density at radius 1 is 1.07 bits per heavy atom. The Balaban J connectivity index is 1.18. The first kappa shape index (κ1) is 17.8. The molecule has 1 fully saturated rings. The van der Waals surface area contributed by atoms with Crippen LogP contribution in [0.15, 0.2) is 60.9 Å². The molecule has 5 rings (SSSR count). The molecule has 4 aromatic rings. The predicted molar refractivity (Wildman–Crippen MR) is 111 cm³/mol. The first-order chi connectivity index (χ1) is 14.3. The number of thiophene rings is 1. The highest BCUT2D eigenvalue weighted by Crippen LogP contribution is 2.27. The van der Waals surface area contributed by atoms with E-state index in [0.29, 0.717) is 24.8 Å². The molecule has 3 aromatic heterocycles. The van der Waals surface area contributed by atoms with Crippen LogP contribution >= 0.6 is 11.3 Å². The summed E-state index contributed by atoms with van der Waals surface area (Å²) in [4.78, 5) is 15.6. The summed E-state index contributed by atoms with van der Waals surface area (Å²) in [6, 6.07) is 15.5. The fourth-order valence-corrected chi connectivity index (χ4v) is 4.52. The zero-order valence-corrected chi connectivity index (χ0v) is 16.5. The Morgan fingerprint density at radius 2 is 1.93 bits per heavy atom. The van der Waals surface area contributed by atoms with Gasteiger partial charge in [0.25, 0.3) is 5.91 Å². The maximum Gasteiger partial charge on any atom is 0.263 e. The van der Waals surface area contributed by atoms with Crippen molar-refractivity contribution in [1.82, 2.24) is 24.9 Å². The van der Waals surface area contributed by atoms with Crippen LogP contribution in [0.4, 0.5) is 0 Å². The van der Waals surface area contributed by atoms with Crippen molar-refractivity contribution in [3.8, 4) is 11.7 Å². The van der Waals surface area contributed by atoms with E-state index in [-0.39, 0.29) is 12.0 Å². The predicted octanol–water partition coefficient (Wildman–Crippen LogP) is 3.56. The molecule has 0 spiro atoms.